The molecule has 0 atom stereocenters. The van der Waals surface area contributed by atoms with Gasteiger partial charge in [-0.15, -0.1) is 0 Å². The zero-order valence-corrected chi connectivity index (χ0v) is 16.3. The van der Waals surface area contributed by atoms with Crippen molar-refractivity contribution in [3.8, 4) is 5.75 Å². The molecule has 3 aromatic carbocycles. The van der Waals surface area contributed by atoms with Crippen LogP contribution in [0, 0.1) is 10.1 Å². The van der Waals surface area contributed by atoms with Crippen molar-refractivity contribution in [2.24, 2.45) is 5.10 Å². The molecule has 1 aliphatic rings. The predicted octanol–water partition coefficient (Wildman–Crippen LogP) is 3.08. The van der Waals surface area contributed by atoms with Crippen molar-refractivity contribution in [1.82, 2.24) is 0 Å². The van der Waals surface area contributed by atoms with Crippen LogP contribution in [0.5, 0.6) is 5.75 Å². The van der Waals surface area contributed by atoms with Gasteiger partial charge in [-0.05, 0) is 17.5 Å². The first kappa shape index (κ1) is 20.2. The number of hydrogen-bond donors (Lipinski definition) is 3. The molecular formula is C20H13N3O7S. The molecule has 0 saturated carbocycles. The van der Waals surface area contributed by atoms with Crippen LogP contribution in [0.15, 0.2) is 65.8 Å². The molecule has 10 nitrogen and oxygen atoms in total. The molecule has 0 heterocycles. The molecule has 1 aliphatic carbocycles. The Kier molecular flexibility index (Phi) is 4.76. The summed E-state index contributed by atoms with van der Waals surface area (Å²) in [6.07, 6.45) is 0.641. The zero-order chi connectivity index (χ0) is 22.3. The molecule has 0 unspecified atom stereocenters. The van der Waals surface area contributed by atoms with E-state index in [1.54, 1.807) is 30.3 Å². The minimum absolute atomic E-state index is 0.0292. The van der Waals surface area contributed by atoms with E-state index in [1.165, 1.54) is 6.07 Å². The van der Waals surface area contributed by atoms with Crippen molar-refractivity contribution in [3.63, 3.8) is 0 Å². The lowest BCUT2D eigenvalue weighted by Crippen LogP contribution is -2.23. The molecule has 11 heteroatoms. The van der Waals surface area contributed by atoms with E-state index in [2.05, 4.69) is 10.5 Å². The maximum Gasteiger partial charge on any atom is 0.295 e. The highest BCUT2D eigenvalue weighted by molar-refractivity contribution is 7.95. The number of phenols is 1. The van der Waals surface area contributed by atoms with Crippen LogP contribution in [0.2, 0.25) is 0 Å². The Bertz CT molecular complexity index is 1440. The molecule has 0 aliphatic heterocycles. The predicted molar refractivity (Wildman–Crippen MR) is 113 cm³/mol. The summed E-state index contributed by atoms with van der Waals surface area (Å²) in [5.74, 6) is -0.953. The van der Waals surface area contributed by atoms with E-state index in [0.717, 1.165) is 17.5 Å². The van der Waals surface area contributed by atoms with Crippen LogP contribution in [-0.2, 0) is 14.9 Å². The van der Waals surface area contributed by atoms with E-state index in [0.29, 0.717) is 11.5 Å². The number of hydrogen-bond acceptors (Lipinski definition) is 8. The first-order chi connectivity index (χ1) is 14.7. The van der Waals surface area contributed by atoms with Crippen molar-refractivity contribution in [1.29, 1.82) is 0 Å². The average molecular weight is 439 g/mol. The normalized spacial score (nSPS) is 14.9. The number of non-ortho nitro benzene ring substituents is 1. The summed E-state index contributed by atoms with van der Waals surface area (Å²) < 4.78 is 32.9. The number of fused-ring (bicyclic) bond motifs is 2. The Morgan fingerprint density at radius 1 is 1.03 bits per heavy atom. The van der Waals surface area contributed by atoms with Crippen LogP contribution in [0.4, 0.5) is 11.4 Å². The van der Waals surface area contributed by atoms with Gasteiger partial charge in [-0.3, -0.25) is 24.9 Å². The van der Waals surface area contributed by atoms with Crippen LogP contribution in [-0.4, -0.2) is 34.5 Å². The van der Waals surface area contributed by atoms with Crippen molar-refractivity contribution >= 4 is 48.7 Å². The molecule has 3 aromatic rings. The summed E-state index contributed by atoms with van der Waals surface area (Å²) in [7, 11) is -4.83. The highest BCUT2D eigenvalue weighted by Crippen LogP contribution is 2.34. The third-order valence-electron chi connectivity index (χ3n) is 4.70. The lowest BCUT2D eigenvalue weighted by molar-refractivity contribution is -0.384. The van der Waals surface area contributed by atoms with E-state index in [9.17, 15) is 33.0 Å². The molecule has 0 saturated heterocycles. The van der Waals surface area contributed by atoms with Crippen LogP contribution in [0.3, 0.4) is 0 Å². The third-order valence-corrected chi connectivity index (χ3v) is 5.59. The molecule has 0 amide bonds. The number of benzene rings is 3. The monoisotopic (exact) mass is 439 g/mol. The lowest BCUT2D eigenvalue weighted by Gasteiger charge is -2.17. The van der Waals surface area contributed by atoms with Crippen molar-refractivity contribution < 1.29 is 27.8 Å². The summed E-state index contributed by atoms with van der Waals surface area (Å²) in [5.41, 5.74) is 1.83. The zero-order valence-electron chi connectivity index (χ0n) is 15.5. The molecule has 31 heavy (non-hydrogen) atoms. The average Bonchev–Trinajstić information content (AvgIpc) is 2.73. The fourth-order valence-electron chi connectivity index (χ4n) is 3.24. The van der Waals surface area contributed by atoms with Gasteiger partial charge >= 0.3 is 0 Å². The van der Waals surface area contributed by atoms with E-state index in [4.69, 9.17) is 0 Å². The number of allylic oxidation sites excluding steroid dienone is 1. The Morgan fingerprint density at radius 3 is 2.48 bits per heavy atom. The Hall–Kier alpha value is -4.09. The number of phenolic OH excluding ortho intramolecular Hbond substituents is 1. The van der Waals surface area contributed by atoms with Gasteiger partial charge in [0.05, 0.1) is 10.6 Å². The van der Waals surface area contributed by atoms with Crippen LogP contribution in [0.25, 0.3) is 15.7 Å². The number of nitrogens with zero attached hydrogens (tertiary/aromatic N) is 2. The number of aromatic hydroxyl groups is 1. The van der Waals surface area contributed by atoms with Crippen molar-refractivity contribution in [3.05, 3.63) is 81.9 Å². The quantitative estimate of drug-likeness (QED) is 0.242. The molecule has 0 radical (unpaired) electrons. The second-order valence-electron chi connectivity index (χ2n) is 6.59. The van der Waals surface area contributed by atoms with Gasteiger partial charge in [-0.1, -0.05) is 30.3 Å². The first-order valence-corrected chi connectivity index (χ1v) is 10.2. The van der Waals surface area contributed by atoms with E-state index in [-0.39, 0.29) is 28.3 Å². The number of ketones is 1. The van der Waals surface area contributed by atoms with E-state index >= 15 is 0 Å². The summed E-state index contributed by atoms with van der Waals surface area (Å²) in [5, 5.41) is 26.9. The molecule has 0 bridgehead atoms. The van der Waals surface area contributed by atoms with E-state index in [1.807, 2.05) is 6.07 Å². The topological polar surface area (TPSA) is 159 Å². The van der Waals surface area contributed by atoms with Gasteiger partial charge in [-0.2, -0.15) is 13.5 Å². The fraction of sp³-hybridized carbons (Fsp3) is 0. The number of carbonyl (C=O) groups is 1. The Labute approximate surface area is 175 Å². The number of nitro groups is 1. The standard InChI is InChI=1S/C20H13N3O7S/c24-17-10-18(31(28,29)30)15-9-12(23(26)27)6-7-14(15)19(17)22-21-16-8-5-11-3-1-2-4-13(11)20(16)25/h1-10,21,25H,(H,28,29,30)/b22-19-. The highest BCUT2D eigenvalue weighted by atomic mass is 32.2. The number of nitro benzene ring substituents is 1. The number of hydrazone groups is 1. The molecule has 0 aromatic heterocycles. The maximum absolute atomic E-state index is 12.5. The minimum Gasteiger partial charge on any atom is -0.505 e. The van der Waals surface area contributed by atoms with Gasteiger partial charge in [0.25, 0.3) is 15.8 Å². The summed E-state index contributed by atoms with van der Waals surface area (Å²) in [6, 6.07) is 13.5. The van der Waals surface area contributed by atoms with Gasteiger partial charge in [0, 0.05) is 34.7 Å². The summed E-state index contributed by atoms with van der Waals surface area (Å²) in [4.78, 5) is 22.1. The number of anilines is 1. The number of carbonyl (C=O) groups excluding carboxylic acids is 1. The number of nitrogens with one attached hydrogen (secondary N) is 1. The van der Waals surface area contributed by atoms with Crippen LogP contribution >= 0.6 is 0 Å². The maximum atomic E-state index is 12.5. The van der Waals surface area contributed by atoms with Gasteiger partial charge in [0.2, 0.25) is 5.78 Å². The first-order valence-electron chi connectivity index (χ1n) is 8.74. The largest absolute Gasteiger partial charge is 0.505 e. The van der Waals surface area contributed by atoms with Crippen LogP contribution in [0.1, 0.15) is 11.1 Å². The molecule has 0 spiro atoms. The fourth-order valence-corrected chi connectivity index (χ4v) is 3.95. The molecule has 0 fully saturated rings. The van der Waals surface area contributed by atoms with E-state index < -0.39 is 31.4 Å². The second kappa shape index (κ2) is 7.31. The molecule has 156 valence electrons. The Balaban J connectivity index is 1.82. The molecule has 3 N–H and O–H groups in total. The summed E-state index contributed by atoms with van der Waals surface area (Å²) in [6.45, 7) is 0. The second-order valence-corrected chi connectivity index (χ2v) is 7.98. The summed E-state index contributed by atoms with van der Waals surface area (Å²) >= 11 is 0. The Morgan fingerprint density at radius 2 is 1.77 bits per heavy atom. The third kappa shape index (κ3) is 3.63. The smallest absolute Gasteiger partial charge is 0.295 e. The van der Waals surface area contributed by atoms with Crippen LogP contribution < -0.4 is 5.43 Å². The van der Waals surface area contributed by atoms with Crippen molar-refractivity contribution in [2.45, 2.75) is 0 Å². The van der Waals surface area contributed by atoms with Gasteiger partial charge in [0.1, 0.15) is 16.4 Å². The molecule has 4 rings (SSSR count). The number of rotatable bonds is 4. The van der Waals surface area contributed by atoms with Gasteiger partial charge in [-0.25, -0.2) is 0 Å². The SMILES string of the molecule is O=C1C=C(S(=O)(=O)O)c2cc([N+](=O)[O-])ccc2/C1=N/Nc1ccc2ccccc2c1O. The van der Waals surface area contributed by atoms with Gasteiger partial charge in [0.15, 0.2) is 0 Å². The minimum atomic E-state index is -4.83. The molecular weight excluding hydrogens is 426 g/mol. The lowest BCUT2D eigenvalue weighted by atomic mass is 9.94. The highest BCUT2D eigenvalue weighted by Gasteiger charge is 2.32. The van der Waals surface area contributed by atoms with Crippen molar-refractivity contribution in [2.75, 3.05) is 5.43 Å². The van der Waals surface area contributed by atoms with Gasteiger partial charge < -0.3 is 5.11 Å².